The lowest BCUT2D eigenvalue weighted by atomic mass is 9.78. The second-order valence-electron chi connectivity index (χ2n) is 19.1. The zero-order valence-corrected chi connectivity index (χ0v) is 38.6. The Morgan fingerprint density at radius 2 is 0.914 bits per heavy atom. The summed E-state index contributed by atoms with van der Waals surface area (Å²) in [6.07, 6.45) is 13.4. The molecule has 0 aliphatic carbocycles. The van der Waals surface area contributed by atoms with Gasteiger partial charge in [0.25, 0.3) is 0 Å². The maximum absolute atomic E-state index is 5.55. The standard InChI is InChI=1S/C52H72N6/c1-15-19-21-23-25-40-33(7)47-53-42(40)30-43-41(26-24-22-20-16-2)34(8)48(54-43)58-50-39(18-4)32(6)46(56-50)44(45-31(5)38(17-3)49(55-45)57-47)35-27-36(51(9,10)11)29-37(28-35)52(12,13)14/h27-30H,15-26H2,1-14H3,(H,53,55,57)(H,54,56,58). The third-order valence-electron chi connectivity index (χ3n) is 12.8. The normalized spacial score (nSPS) is 13.7. The van der Waals surface area contributed by atoms with Crippen LogP contribution in [0.5, 0.6) is 0 Å². The number of hydrogen-bond donors (Lipinski definition) is 2. The number of aryl methyl sites for hydroxylation is 4. The molecule has 0 atom stereocenters. The van der Waals surface area contributed by atoms with Crippen molar-refractivity contribution in [1.29, 1.82) is 0 Å². The number of allylic oxidation sites excluding steroid dienone is 4. The number of aromatic amines is 2. The van der Waals surface area contributed by atoms with Gasteiger partial charge in [0.1, 0.15) is 11.3 Å². The minimum absolute atomic E-state index is 0.0484. The summed E-state index contributed by atoms with van der Waals surface area (Å²) in [6.45, 7) is 31.9. The largest absolute Gasteiger partial charge is 0.340 e. The van der Waals surface area contributed by atoms with Gasteiger partial charge in [-0.3, -0.25) is 0 Å². The van der Waals surface area contributed by atoms with Crippen molar-refractivity contribution in [3.05, 3.63) is 80.7 Å². The van der Waals surface area contributed by atoms with E-state index in [4.69, 9.17) is 19.9 Å². The van der Waals surface area contributed by atoms with Gasteiger partial charge in [0, 0.05) is 27.7 Å². The number of H-pyrrole nitrogens is 2. The Balaban J connectivity index is 1.82. The summed E-state index contributed by atoms with van der Waals surface area (Å²) in [5.74, 6) is 1.60. The average Bonchev–Trinajstić information content (AvgIpc) is 3.84. The SMILES string of the molecule is CCCCCCc1c(C)c2nc3nc(c(-c4cc(C(C)(C)C)cc(C(C)(C)C)c4)c4nc(nc5[nH]c(cc1[nH]2)c(CCCCCC)c5C)C(CC)=C4C)C(C)=C3CC. The van der Waals surface area contributed by atoms with Crippen LogP contribution in [0.3, 0.4) is 0 Å². The molecule has 0 saturated heterocycles. The molecule has 3 aromatic heterocycles. The number of hydrogen-bond acceptors (Lipinski definition) is 4. The van der Waals surface area contributed by atoms with E-state index in [1.807, 2.05) is 0 Å². The Morgan fingerprint density at radius 1 is 0.500 bits per heavy atom. The van der Waals surface area contributed by atoms with Crippen molar-refractivity contribution in [3.8, 4) is 11.1 Å². The number of aromatic nitrogens is 6. The first-order valence-corrected chi connectivity index (χ1v) is 22.6. The lowest BCUT2D eigenvalue weighted by Gasteiger charge is -2.26. The fourth-order valence-electron chi connectivity index (χ4n) is 8.89. The van der Waals surface area contributed by atoms with E-state index < -0.39 is 0 Å². The Hall–Kier alpha value is -4.32. The Morgan fingerprint density at radius 3 is 1.28 bits per heavy atom. The van der Waals surface area contributed by atoms with Crippen LogP contribution in [-0.2, 0) is 23.7 Å². The minimum atomic E-state index is -0.0484. The second-order valence-corrected chi connectivity index (χ2v) is 19.1. The maximum atomic E-state index is 5.55. The third kappa shape index (κ3) is 8.68. The molecule has 6 rings (SSSR count). The Bertz CT molecular complexity index is 2240. The molecule has 4 aromatic rings. The smallest absolute Gasteiger partial charge is 0.158 e. The van der Waals surface area contributed by atoms with Crippen LogP contribution in [0.2, 0.25) is 0 Å². The predicted octanol–water partition coefficient (Wildman–Crippen LogP) is 14.9. The van der Waals surface area contributed by atoms with Crippen molar-refractivity contribution < 1.29 is 0 Å². The third-order valence-corrected chi connectivity index (χ3v) is 12.8. The van der Waals surface area contributed by atoms with Gasteiger partial charge in [0.2, 0.25) is 0 Å². The molecule has 0 amide bonds. The van der Waals surface area contributed by atoms with Crippen molar-refractivity contribution >= 4 is 44.6 Å². The fraction of sp³-hybridized carbons (Fsp3) is 0.538. The number of nitrogens with zero attached hydrogens (tertiary/aromatic N) is 4. The van der Waals surface area contributed by atoms with Crippen LogP contribution in [0.4, 0.5) is 0 Å². The van der Waals surface area contributed by atoms with E-state index in [0.29, 0.717) is 0 Å². The molecule has 0 spiro atoms. The zero-order valence-electron chi connectivity index (χ0n) is 38.6. The second kappa shape index (κ2) is 17.5. The molecule has 2 aliphatic rings. The topological polar surface area (TPSA) is 83.1 Å². The summed E-state index contributed by atoms with van der Waals surface area (Å²) >= 11 is 0. The molecule has 6 heteroatoms. The summed E-state index contributed by atoms with van der Waals surface area (Å²) in [6, 6.07) is 9.54. The first-order chi connectivity index (χ1) is 27.5. The first kappa shape index (κ1) is 43.3. The fourth-order valence-corrected chi connectivity index (χ4v) is 8.89. The van der Waals surface area contributed by atoms with Gasteiger partial charge < -0.3 is 9.97 Å². The molecule has 0 unspecified atom stereocenters. The molecule has 5 heterocycles. The van der Waals surface area contributed by atoms with E-state index in [0.717, 1.165) is 95.0 Å². The molecule has 2 N–H and O–H groups in total. The highest BCUT2D eigenvalue weighted by molar-refractivity contribution is 6.01. The van der Waals surface area contributed by atoms with E-state index in [1.165, 1.54) is 94.2 Å². The molecule has 8 bridgehead atoms. The van der Waals surface area contributed by atoms with Crippen molar-refractivity contribution in [2.24, 2.45) is 0 Å². The molecule has 2 aliphatic heterocycles. The van der Waals surface area contributed by atoms with Gasteiger partial charge in [-0.15, -0.1) is 0 Å². The van der Waals surface area contributed by atoms with Gasteiger partial charge in [0.05, 0.1) is 11.4 Å². The highest BCUT2D eigenvalue weighted by Gasteiger charge is 2.29. The van der Waals surface area contributed by atoms with Crippen molar-refractivity contribution in [3.63, 3.8) is 0 Å². The lowest BCUT2D eigenvalue weighted by Crippen LogP contribution is -2.16. The Kier molecular flexibility index (Phi) is 13.0. The van der Waals surface area contributed by atoms with E-state index in [1.54, 1.807) is 0 Å². The number of benzene rings is 1. The maximum Gasteiger partial charge on any atom is 0.158 e. The van der Waals surface area contributed by atoms with Crippen molar-refractivity contribution in [2.75, 3.05) is 0 Å². The summed E-state index contributed by atoms with van der Waals surface area (Å²) in [5.41, 5.74) is 20.6. The van der Waals surface area contributed by atoms with Crippen LogP contribution in [0.25, 0.3) is 55.7 Å². The summed E-state index contributed by atoms with van der Waals surface area (Å²) in [7, 11) is 0. The molecule has 310 valence electrons. The van der Waals surface area contributed by atoms with Crippen molar-refractivity contribution in [1.82, 2.24) is 29.9 Å². The highest BCUT2D eigenvalue weighted by atomic mass is 15.0. The predicted molar refractivity (Wildman–Crippen MR) is 250 cm³/mol. The number of nitrogens with one attached hydrogen (secondary N) is 2. The number of fused-ring (bicyclic) bond motifs is 8. The molecule has 0 radical (unpaired) electrons. The minimum Gasteiger partial charge on any atom is -0.340 e. The van der Waals surface area contributed by atoms with Gasteiger partial charge in [-0.25, -0.2) is 19.9 Å². The molecule has 1 aromatic carbocycles. The van der Waals surface area contributed by atoms with Gasteiger partial charge in [-0.05, 0) is 133 Å². The molecular formula is C52H72N6. The van der Waals surface area contributed by atoms with Gasteiger partial charge in [-0.1, -0.05) is 126 Å². The van der Waals surface area contributed by atoms with Crippen LogP contribution in [0.1, 0.15) is 204 Å². The molecular weight excluding hydrogens is 709 g/mol. The van der Waals surface area contributed by atoms with Crippen LogP contribution in [0, 0.1) is 13.8 Å². The summed E-state index contributed by atoms with van der Waals surface area (Å²) < 4.78 is 0. The van der Waals surface area contributed by atoms with Crippen LogP contribution < -0.4 is 0 Å². The average molecular weight is 781 g/mol. The van der Waals surface area contributed by atoms with Gasteiger partial charge in [0.15, 0.2) is 11.6 Å². The van der Waals surface area contributed by atoms with Crippen LogP contribution >= 0.6 is 0 Å². The highest BCUT2D eigenvalue weighted by Crippen LogP contribution is 2.44. The summed E-state index contributed by atoms with van der Waals surface area (Å²) in [4.78, 5) is 29.7. The van der Waals surface area contributed by atoms with Gasteiger partial charge >= 0.3 is 0 Å². The Labute approximate surface area is 350 Å². The lowest BCUT2D eigenvalue weighted by molar-refractivity contribution is 0.569. The number of unbranched alkanes of at least 4 members (excludes halogenated alkanes) is 6. The first-order valence-electron chi connectivity index (χ1n) is 22.6. The monoisotopic (exact) mass is 781 g/mol. The summed E-state index contributed by atoms with van der Waals surface area (Å²) in [5, 5.41) is 0. The van der Waals surface area contributed by atoms with Crippen LogP contribution in [-0.4, -0.2) is 29.9 Å². The van der Waals surface area contributed by atoms with Crippen molar-refractivity contribution in [2.45, 2.75) is 185 Å². The van der Waals surface area contributed by atoms with E-state index >= 15 is 0 Å². The molecule has 58 heavy (non-hydrogen) atoms. The van der Waals surface area contributed by atoms with Crippen LogP contribution in [0.15, 0.2) is 24.3 Å². The molecule has 0 saturated carbocycles. The van der Waals surface area contributed by atoms with E-state index in [2.05, 4.69) is 131 Å². The molecule has 0 fully saturated rings. The van der Waals surface area contributed by atoms with E-state index in [-0.39, 0.29) is 10.8 Å². The quantitative estimate of drug-likeness (QED) is 0.132. The zero-order chi connectivity index (χ0) is 42.1. The van der Waals surface area contributed by atoms with Gasteiger partial charge in [-0.2, -0.15) is 0 Å². The van der Waals surface area contributed by atoms with E-state index in [9.17, 15) is 0 Å². The molecule has 6 nitrogen and oxygen atoms in total. The number of rotatable bonds is 13.